The molecule has 0 saturated carbocycles. The van der Waals surface area contributed by atoms with E-state index in [1.807, 2.05) is 0 Å². The Hall–Kier alpha value is -0.140. The van der Waals surface area contributed by atoms with Gasteiger partial charge in [-0.25, -0.2) is 8.42 Å². The van der Waals surface area contributed by atoms with Gasteiger partial charge in [0.2, 0.25) is 0 Å². The van der Waals surface area contributed by atoms with Crippen LogP contribution in [0.2, 0.25) is 4.34 Å². The van der Waals surface area contributed by atoms with E-state index in [2.05, 4.69) is 0 Å². The second-order valence-electron chi connectivity index (χ2n) is 3.36. The zero-order valence-electron chi connectivity index (χ0n) is 7.76. The van der Waals surface area contributed by atoms with Crippen LogP contribution in [-0.4, -0.2) is 37.0 Å². The van der Waals surface area contributed by atoms with Crippen LogP contribution in [0.15, 0.2) is 16.3 Å². The van der Waals surface area contributed by atoms with Gasteiger partial charge in [0.15, 0.2) is 0 Å². The largest absolute Gasteiger partial charge is 0.392 e. The molecule has 15 heavy (non-hydrogen) atoms. The standard InChI is InChI=1S/C8H10ClNO3S2/c9-7-1-2-8(14-7)15(12,13)10-4-3-6(11)5-10/h1-2,6,11H,3-5H2/t6-/m1/s1. The van der Waals surface area contributed by atoms with Crippen molar-refractivity contribution in [3.63, 3.8) is 0 Å². The van der Waals surface area contributed by atoms with Gasteiger partial charge in [0.1, 0.15) is 4.21 Å². The molecular formula is C8H10ClNO3S2. The van der Waals surface area contributed by atoms with Crippen LogP contribution in [0.4, 0.5) is 0 Å². The first-order valence-corrected chi connectivity index (χ1v) is 7.07. The molecule has 1 atom stereocenters. The van der Waals surface area contributed by atoms with Crippen LogP contribution < -0.4 is 0 Å². The maximum absolute atomic E-state index is 12.0. The molecule has 0 aromatic carbocycles. The Balaban J connectivity index is 2.27. The summed E-state index contributed by atoms with van der Waals surface area (Å²) in [4.78, 5) is 0. The van der Waals surface area contributed by atoms with Crippen molar-refractivity contribution in [1.82, 2.24) is 4.31 Å². The van der Waals surface area contributed by atoms with E-state index in [0.717, 1.165) is 11.3 Å². The van der Waals surface area contributed by atoms with Crippen molar-refractivity contribution in [2.75, 3.05) is 13.1 Å². The van der Waals surface area contributed by atoms with E-state index in [-0.39, 0.29) is 10.8 Å². The normalized spacial score (nSPS) is 23.5. The van der Waals surface area contributed by atoms with Crippen LogP contribution in [-0.2, 0) is 10.0 Å². The molecule has 0 spiro atoms. The molecule has 7 heteroatoms. The third-order valence-electron chi connectivity index (χ3n) is 2.27. The van der Waals surface area contributed by atoms with Crippen LogP contribution in [0, 0.1) is 0 Å². The lowest BCUT2D eigenvalue weighted by Crippen LogP contribution is -2.29. The Labute approximate surface area is 97.1 Å². The Kier molecular flexibility index (Phi) is 3.05. The number of thiophene rings is 1. The minimum absolute atomic E-state index is 0.178. The van der Waals surface area contributed by atoms with Crippen LogP contribution in [0.3, 0.4) is 0 Å². The number of rotatable bonds is 2. The van der Waals surface area contributed by atoms with Crippen LogP contribution in [0.25, 0.3) is 0 Å². The zero-order valence-corrected chi connectivity index (χ0v) is 10.1. The van der Waals surface area contributed by atoms with Crippen LogP contribution >= 0.6 is 22.9 Å². The van der Waals surface area contributed by atoms with E-state index in [4.69, 9.17) is 11.6 Å². The molecule has 1 aliphatic rings. The molecule has 1 aliphatic heterocycles. The van der Waals surface area contributed by atoms with Crippen molar-refractivity contribution in [3.05, 3.63) is 16.5 Å². The van der Waals surface area contributed by atoms with E-state index >= 15 is 0 Å². The van der Waals surface area contributed by atoms with Gasteiger partial charge >= 0.3 is 0 Å². The SMILES string of the molecule is O=S(=O)(c1ccc(Cl)s1)N1CC[C@@H](O)C1. The molecule has 0 radical (unpaired) electrons. The van der Waals surface area contributed by atoms with Gasteiger partial charge in [-0.2, -0.15) is 4.31 Å². The Morgan fingerprint density at radius 1 is 1.53 bits per heavy atom. The van der Waals surface area contributed by atoms with E-state index in [9.17, 15) is 13.5 Å². The third-order valence-corrected chi connectivity index (χ3v) is 5.83. The zero-order chi connectivity index (χ0) is 11.1. The van der Waals surface area contributed by atoms with Gasteiger partial charge in [0.25, 0.3) is 10.0 Å². The van der Waals surface area contributed by atoms with Crippen LogP contribution in [0.5, 0.6) is 0 Å². The molecule has 1 aromatic heterocycles. The van der Waals surface area contributed by atoms with Gasteiger partial charge in [0, 0.05) is 13.1 Å². The van der Waals surface area contributed by atoms with Gasteiger partial charge in [-0.05, 0) is 18.6 Å². The van der Waals surface area contributed by atoms with E-state index in [1.54, 1.807) is 6.07 Å². The quantitative estimate of drug-likeness (QED) is 0.875. The number of hydrogen-bond acceptors (Lipinski definition) is 4. The molecule has 84 valence electrons. The lowest BCUT2D eigenvalue weighted by Gasteiger charge is -2.13. The number of β-amino-alcohol motifs (C(OH)–C–C–N with tert-alkyl or cyclic N) is 1. The maximum atomic E-state index is 12.0. The first kappa shape index (κ1) is 11.3. The fourth-order valence-electron chi connectivity index (χ4n) is 1.49. The van der Waals surface area contributed by atoms with E-state index in [0.29, 0.717) is 17.3 Å². The summed E-state index contributed by atoms with van der Waals surface area (Å²) >= 11 is 6.72. The number of aliphatic hydroxyl groups is 1. The summed E-state index contributed by atoms with van der Waals surface area (Å²) in [6, 6.07) is 3.05. The van der Waals surface area contributed by atoms with E-state index in [1.165, 1.54) is 10.4 Å². The van der Waals surface area contributed by atoms with E-state index < -0.39 is 16.1 Å². The van der Waals surface area contributed by atoms with Gasteiger partial charge in [0.05, 0.1) is 10.4 Å². The highest BCUT2D eigenvalue weighted by Crippen LogP contribution is 2.29. The van der Waals surface area contributed by atoms with Gasteiger partial charge < -0.3 is 5.11 Å². The predicted octanol–water partition coefficient (Wildman–Crippen LogP) is 1.16. The minimum atomic E-state index is -3.44. The molecule has 0 aliphatic carbocycles. The highest BCUT2D eigenvalue weighted by molar-refractivity contribution is 7.91. The highest BCUT2D eigenvalue weighted by Gasteiger charge is 2.32. The predicted molar refractivity (Wildman–Crippen MR) is 58.7 cm³/mol. The second kappa shape index (κ2) is 4.03. The monoisotopic (exact) mass is 267 g/mol. The summed E-state index contributed by atoms with van der Waals surface area (Å²) in [5, 5.41) is 9.29. The molecular weight excluding hydrogens is 258 g/mol. The number of aliphatic hydroxyl groups excluding tert-OH is 1. The Morgan fingerprint density at radius 2 is 2.27 bits per heavy atom. The summed E-state index contributed by atoms with van der Waals surface area (Å²) in [5.41, 5.74) is 0. The minimum Gasteiger partial charge on any atom is -0.392 e. The smallest absolute Gasteiger partial charge is 0.252 e. The molecule has 0 unspecified atom stereocenters. The third kappa shape index (κ3) is 2.19. The van der Waals surface area contributed by atoms with Crippen molar-refractivity contribution in [2.24, 2.45) is 0 Å². The summed E-state index contributed by atoms with van der Waals surface area (Å²) in [5.74, 6) is 0. The average Bonchev–Trinajstić information content (AvgIpc) is 2.74. The average molecular weight is 268 g/mol. The van der Waals surface area contributed by atoms with Gasteiger partial charge in [-0.15, -0.1) is 11.3 Å². The fraction of sp³-hybridized carbons (Fsp3) is 0.500. The Morgan fingerprint density at radius 3 is 2.73 bits per heavy atom. The summed E-state index contributed by atoms with van der Waals surface area (Å²) in [7, 11) is -3.44. The van der Waals surface area contributed by atoms with Crippen molar-refractivity contribution in [2.45, 2.75) is 16.7 Å². The Bertz CT molecular complexity index is 456. The lowest BCUT2D eigenvalue weighted by atomic mass is 10.3. The number of sulfonamides is 1. The number of halogens is 1. The molecule has 4 nitrogen and oxygen atoms in total. The summed E-state index contributed by atoms with van der Waals surface area (Å²) < 4.78 is 25.9. The van der Waals surface area contributed by atoms with Crippen LogP contribution in [0.1, 0.15) is 6.42 Å². The van der Waals surface area contributed by atoms with Crippen molar-refractivity contribution in [1.29, 1.82) is 0 Å². The number of hydrogen-bond donors (Lipinski definition) is 1. The molecule has 1 aromatic rings. The first-order chi connectivity index (χ1) is 7.00. The number of nitrogens with zero attached hydrogens (tertiary/aromatic N) is 1. The van der Waals surface area contributed by atoms with Crippen molar-refractivity contribution < 1.29 is 13.5 Å². The summed E-state index contributed by atoms with van der Waals surface area (Å²) in [6.07, 6.45) is -0.0478. The molecule has 1 fully saturated rings. The molecule has 1 saturated heterocycles. The maximum Gasteiger partial charge on any atom is 0.252 e. The second-order valence-corrected chi connectivity index (χ2v) is 7.24. The molecule has 1 N–H and O–H groups in total. The first-order valence-electron chi connectivity index (χ1n) is 4.44. The summed E-state index contributed by atoms with van der Waals surface area (Å²) in [6.45, 7) is 0.552. The highest BCUT2D eigenvalue weighted by atomic mass is 35.5. The fourth-order valence-corrected chi connectivity index (χ4v) is 4.62. The lowest BCUT2D eigenvalue weighted by molar-refractivity contribution is 0.189. The molecule has 2 rings (SSSR count). The molecule has 2 heterocycles. The van der Waals surface area contributed by atoms with Crippen molar-refractivity contribution >= 4 is 33.0 Å². The van der Waals surface area contributed by atoms with Gasteiger partial charge in [-0.1, -0.05) is 11.6 Å². The topological polar surface area (TPSA) is 57.6 Å². The van der Waals surface area contributed by atoms with Crippen molar-refractivity contribution in [3.8, 4) is 0 Å². The molecule has 0 amide bonds. The van der Waals surface area contributed by atoms with Gasteiger partial charge in [-0.3, -0.25) is 0 Å². The molecule has 0 bridgehead atoms.